The van der Waals surface area contributed by atoms with Gasteiger partial charge in [-0.25, -0.2) is 0 Å². The average molecular weight is 315 g/mol. The van der Waals surface area contributed by atoms with Crippen LogP contribution in [0.1, 0.15) is 12.0 Å². The summed E-state index contributed by atoms with van der Waals surface area (Å²) >= 11 is 3.01. The van der Waals surface area contributed by atoms with E-state index in [0.29, 0.717) is 11.6 Å². The molecule has 1 amide bonds. The van der Waals surface area contributed by atoms with Crippen molar-refractivity contribution in [3.05, 3.63) is 53.4 Å². The lowest BCUT2D eigenvalue weighted by molar-refractivity contribution is -0.116. The summed E-state index contributed by atoms with van der Waals surface area (Å²) < 4.78 is 0. The van der Waals surface area contributed by atoms with E-state index in [1.165, 1.54) is 11.3 Å². The minimum Gasteiger partial charge on any atom is -0.301 e. The average Bonchev–Trinajstić information content (AvgIpc) is 3.17. The van der Waals surface area contributed by atoms with Crippen LogP contribution >= 0.6 is 22.7 Å². The van der Waals surface area contributed by atoms with Crippen molar-refractivity contribution >= 4 is 33.7 Å². The molecule has 0 radical (unpaired) electrons. The maximum atomic E-state index is 11.9. The fourth-order valence-corrected chi connectivity index (χ4v) is 3.41. The molecule has 0 aliphatic heterocycles. The van der Waals surface area contributed by atoms with Crippen molar-refractivity contribution in [1.82, 2.24) is 10.2 Å². The maximum Gasteiger partial charge on any atom is 0.226 e. The molecule has 0 atom stereocenters. The molecule has 4 nitrogen and oxygen atoms in total. The van der Waals surface area contributed by atoms with E-state index in [9.17, 15) is 4.79 Å². The number of benzene rings is 1. The number of anilines is 1. The quantitative estimate of drug-likeness (QED) is 0.778. The normalized spacial score (nSPS) is 10.5. The zero-order valence-corrected chi connectivity index (χ0v) is 12.8. The SMILES string of the molecule is O=C(CCc1ccccc1)Nc1nnc(-c2cccs2)s1. The minimum atomic E-state index is -0.0345. The first-order valence-electron chi connectivity index (χ1n) is 6.52. The highest BCUT2D eigenvalue weighted by Gasteiger charge is 2.10. The monoisotopic (exact) mass is 315 g/mol. The molecular formula is C15H13N3OS2. The minimum absolute atomic E-state index is 0.0345. The van der Waals surface area contributed by atoms with Crippen molar-refractivity contribution in [2.75, 3.05) is 5.32 Å². The van der Waals surface area contributed by atoms with Gasteiger partial charge in [0.05, 0.1) is 4.88 Å². The van der Waals surface area contributed by atoms with Crippen molar-refractivity contribution in [1.29, 1.82) is 0 Å². The Kier molecular flexibility index (Phi) is 4.37. The lowest BCUT2D eigenvalue weighted by atomic mass is 10.1. The molecule has 2 aromatic heterocycles. The summed E-state index contributed by atoms with van der Waals surface area (Å²) in [7, 11) is 0. The predicted octanol–water partition coefficient (Wildman–Crippen LogP) is 3.84. The third kappa shape index (κ3) is 3.74. The van der Waals surface area contributed by atoms with Gasteiger partial charge in [0, 0.05) is 6.42 Å². The Balaban J connectivity index is 1.55. The van der Waals surface area contributed by atoms with Crippen LogP contribution in [-0.2, 0) is 11.2 Å². The molecule has 0 aliphatic rings. The molecule has 0 saturated heterocycles. The highest BCUT2D eigenvalue weighted by Crippen LogP contribution is 2.29. The van der Waals surface area contributed by atoms with Crippen LogP contribution in [0.4, 0.5) is 5.13 Å². The Morgan fingerprint density at radius 1 is 1.10 bits per heavy atom. The Morgan fingerprint density at radius 3 is 2.71 bits per heavy atom. The number of hydrogen-bond donors (Lipinski definition) is 1. The Labute approximate surface area is 130 Å². The third-order valence-electron chi connectivity index (χ3n) is 2.89. The van der Waals surface area contributed by atoms with Gasteiger partial charge in [-0.2, -0.15) is 0 Å². The molecule has 0 spiro atoms. The first-order chi connectivity index (χ1) is 10.3. The number of amides is 1. The number of aryl methyl sites for hydroxylation is 1. The molecule has 6 heteroatoms. The maximum absolute atomic E-state index is 11.9. The van der Waals surface area contributed by atoms with Crippen LogP contribution < -0.4 is 5.32 Å². The van der Waals surface area contributed by atoms with E-state index < -0.39 is 0 Å². The molecule has 1 aromatic carbocycles. The van der Waals surface area contributed by atoms with Crippen molar-refractivity contribution in [3.8, 4) is 9.88 Å². The summed E-state index contributed by atoms with van der Waals surface area (Å²) in [6, 6.07) is 13.9. The molecular weight excluding hydrogens is 302 g/mol. The van der Waals surface area contributed by atoms with E-state index in [4.69, 9.17) is 0 Å². The molecule has 106 valence electrons. The van der Waals surface area contributed by atoms with Gasteiger partial charge in [0.2, 0.25) is 11.0 Å². The smallest absolute Gasteiger partial charge is 0.226 e. The fourth-order valence-electron chi connectivity index (χ4n) is 1.86. The predicted molar refractivity (Wildman–Crippen MR) is 86.6 cm³/mol. The van der Waals surface area contributed by atoms with Crippen LogP contribution in [0.2, 0.25) is 0 Å². The van der Waals surface area contributed by atoms with Gasteiger partial charge in [-0.1, -0.05) is 47.7 Å². The zero-order valence-electron chi connectivity index (χ0n) is 11.2. The number of carbonyl (C=O) groups excluding carboxylic acids is 1. The van der Waals surface area contributed by atoms with Crippen LogP contribution in [0, 0.1) is 0 Å². The second-order valence-electron chi connectivity index (χ2n) is 4.42. The van der Waals surface area contributed by atoms with Gasteiger partial charge in [0.1, 0.15) is 0 Å². The molecule has 21 heavy (non-hydrogen) atoms. The van der Waals surface area contributed by atoms with E-state index in [-0.39, 0.29) is 5.91 Å². The van der Waals surface area contributed by atoms with Gasteiger partial charge in [-0.3, -0.25) is 4.79 Å². The first kappa shape index (κ1) is 13.9. The molecule has 0 bridgehead atoms. The zero-order chi connectivity index (χ0) is 14.5. The van der Waals surface area contributed by atoms with E-state index >= 15 is 0 Å². The van der Waals surface area contributed by atoms with Gasteiger partial charge in [0.25, 0.3) is 0 Å². The second kappa shape index (κ2) is 6.60. The Morgan fingerprint density at radius 2 is 1.95 bits per heavy atom. The third-order valence-corrected chi connectivity index (χ3v) is 4.76. The van der Waals surface area contributed by atoms with Crippen molar-refractivity contribution in [2.45, 2.75) is 12.8 Å². The molecule has 2 heterocycles. The molecule has 3 aromatic rings. The number of hydrogen-bond acceptors (Lipinski definition) is 5. The summed E-state index contributed by atoms with van der Waals surface area (Å²) in [4.78, 5) is 13.0. The first-order valence-corrected chi connectivity index (χ1v) is 8.22. The molecule has 3 rings (SSSR count). The fraction of sp³-hybridized carbons (Fsp3) is 0.133. The largest absolute Gasteiger partial charge is 0.301 e. The topological polar surface area (TPSA) is 54.9 Å². The van der Waals surface area contributed by atoms with Crippen molar-refractivity contribution in [3.63, 3.8) is 0 Å². The van der Waals surface area contributed by atoms with Gasteiger partial charge < -0.3 is 5.32 Å². The van der Waals surface area contributed by atoms with E-state index in [2.05, 4.69) is 15.5 Å². The lowest BCUT2D eigenvalue weighted by Gasteiger charge is -2.01. The number of nitrogens with one attached hydrogen (secondary N) is 1. The Bertz CT molecular complexity index is 708. The summed E-state index contributed by atoms with van der Waals surface area (Å²) in [6.45, 7) is 0. The summed E-state index contributed by atoms with van der Waals surface area (Å²) in [5.74, 6) is -0.0345. The second-order valence-corrected chi connectivity index (χ2v) is 6.35. The number of rotatable bonds is 5. The summed E-state index contributed by atoms with van der Waals surface area (Å²) in [6.07, 6.45) is 1.17. The number of aromatic nitrogens is 2. The van der Waals surface area contributed by atoms with Crippen LogP contribution in [0.25, 0.3) is 9.88 Å². The van der Waals surface area contributed by atoms with Gasteiger partial charge >= 0.3 is 0 Å². The number of carbonyl (C=O) groups is 1. The van der Waals surface area contributed by atoms with Crippen molar-refractivity contribution < 1.29 is 4.79 Å². The van der Waals surface area contributed by atoms with Gasteiger partial charge in [-0.15, -0.1) is 21.5 Å². The van der Waals surface area contributed by atoms with Crippen LogP contribution in [-0.4, -0.2) is 16.1 Å². The van der Waals surface area contributed by atoms with Crippen LogP contribution in [0.15, 0.2) is 47.8 Å². The highest BCUT2D eigenvalue weighted by molar-refractivity contribution is 7.23. The van der Waals surface area contributed by atoms with Crippen LogP contribution in [0.3, 0.4) is 0 Å². The molecule has 1 N–H and O–H groups in total. The van der Waals surface area contributed by atoms with Crippen LogP contribution in [0.5, 0.6) is 0 Å². The standard InChI is InChI=1S/C15H13N3OS2/c19-13(9-8-11-5-2-1-3-6-11)16-15-18-17-14(21-15)12-7-4-10-20-12/h1-7,10H,8-9H2,(H,16,18,19). The summed E-state index contributed by atoms with van der Waals surface area (Å²) in [5.41, 5.74) is 1.16. The summed E-state index contributed by atoms with van der Waals surface area (Å²) in [5, 5.41) is 14.3. The van der Waals surface area contributed by atoms with Gasteiger partial charge in [-0.05, 0) is 23.4 Å². The molecule has 0 fully saturated rings. The number of thiophene rings is 1. The molecule has 0 unspecified atom stereocenters. The number of nitrogens with zero attached hydrogens (tertiary/aromatic N) is 2. The van der Waals surface area contributed by atoms with E-state index in [1.807, 2.05) is 47.8 Å². The van der Waals surface area contributed by atoms with E-state index in [0.717, 1.165) is 21.9 Å². The lowest BCUT2D eigenvalue weighted by Crippen LogP contribution is -2.12. The van der Waals surface area contributed by atoms with Gasteiger partial charge in [0.15, 0.2) is 5.01 Å². The van der Waals surface area contributed by atoms with Crippen molar-refractivity contribution in [2.24, 2.45) is 0 Å². The highest BCUT2D eigenvalue weighted by atomic mass is 32.1. The Hall–Kier alpha value is -2.05. The molecule has 0 aliphatic carbocycles. The van der Waals surface area contributed by atoms with E-state index in [1.54, 1.807) is 11.3 Å². The molecule has 0 saturated carbocycles.